The smallest absolute Gasteiger partial charge is 0.305 e. The maximum absolute atomic E-state index is 13.2. The third-order valence-corrected chi connectivity index (χ3v) is 3.03. The summed E-state index contributed by atoms with van der Waals surface area (Å²) in [6.07, 6.45) is 1.05. The molecule has 0 aliphatic heterocycles. The van der Waals surface area contributed by atoms with Gasteiger partial charge in [0.1, 0.15) is 5.82 Å². The number of esters is 1. The predicted molar refractivity (Wildman–Crippen MR) is 85.1 cm³/mol. The molecule has 0 saturated heterocycles. The molecule has 6 heteroatoms. The molecule has 0 aromatic heterocycles. The summed E-state index contributed by atoms with van der Waals surface area (Å²) in [6.45, 7) is 3.37. The van der Waals surface area contributed by atoms with Gasteiger partial charge in [-0.25, -0.2) is 4.39 Å². The Hall–Kier alpha value is -2.11. The molecular formula is C16H24FN3O2. The van der Waals surface area contributed by atoms with Crippen LogP contribution >= 0.6 is 0 Å². The van der Waals surface area contributed by atoms with Gasteiger partial charge in [-0.2, -0.15) is 0 Å². The third kappa shape index (κ3) is 6.56. The van der Waals surface area contributed by atoms with Crippen LogP contribution in [0, 0.1) is 5.82 Å². The van der Waals surface area contributed by atoms with Crippen molar-refractivity contribution in [1.29, 1.82) is 0 Å². The van der Waals surface area contributed by atoms with E-state index in [0.717, 1.165) is 5.56 Å². The van der Waals surface area contributed by atoms with Crippen molar-refractivity contribution in [3.63, 3.8) is 0 Å². The molecule has 0 aliphatic rings. The Kier molecular flexibility index (Phi) is 7.96. The fourth-order valence-electron chi connectivity index (χ4n) is 2.03. The normalized spacial score (nSPS) is 11.2. The number of guanidine groups is 1. The Morgan fingerprint density at radius 2 is 2.23 bits per heavy atom. The lowest BCUT2D eigenvalue weighted by atomic mass is 10.2. The highest BCUT2D eigenvalue weighted by Gasteiger charge is 2.07. The van der Waals surface area contributed by atoms with E-state index >= 15 is 0 Å². The van der Waals surface area contributed by atoms with E-state index in [-0.39, 0.29) is 11.8 Å². The van der Waals surface area contributed by atoms with Crippen LogP contribution in [0.3, 0.4) is 0 Å². The van der Waals surface area contributed by atoms with Crippen molar-refractivity contribution in [1.82, 2.24) is 10.2 Å². The van der Waals surface area contributed by atoms with Gasteiger partial charge in [0.25, 0.3) is 0 Å². The van der Waals surface area contributed by atoms with E-state index < -0.39 is 0 Å². The molecule has 22 heavy (non-hydrogen) atoms. The van der Waals surface area contributed by atoms with Crippen LogP contribution in [-0.2, 0) is 16.1 Å². The molecule has 0 fully saturated rings. The largest absolute Gasteiger partial charge is 0.466 e. The van der Waals surface area contributed by atoms with Gasteiger partial charge >= 0.3 is 5.97 Å². The van der Waals surface area contributed by atoms with Gasteiger partial charge in [0.05, 0.1) is 6.61 Å². The average Bonchev–Trinajstić information content (AvgIpc) is 2.47. The number of hydrogen-bond acceptors (Lipinski definition) is 3. The van der Waals surface area contributed by atoms with E-state index in [9.17, 15) is 9.18 Å². The molecule has 122 valence electrons. The first kappa shape index (κ1) is 17.9. The van der Waals surface area contributed by atoms with Crippen LogP contribution in [0.4, 0.5) is 4.39 Å². The molecule has 0 aliphatic carbocycles. The van der Waals surface area contributed by atoms with Gasteiger partial charge in [0, 0.05) is 33.6 Å². The Morgan fingerprint density at radius 3 is 2.86 bits per heavy atom. The molecule has 0 amide bonds. The zero-order valence-electron chi connectivity index (χ0n) is 13.4. The van der Waals surface area contributed by atoms with Gasteiger partial charge in [-0.3, -0.25) is 9.79 Å². The molecule has 0 atom stereocenters. The maximum Gasteiger partial charge on any atom is 0.305 e. The van der Waals surface area contributed by atoms with Crippen molar-refractivity contribution >= 4 is 11.9 Å². The highest BCUT2D eigenvalue weighted by atomic mass is 19.1. The second-order valence-electron chi connectivity index (χ2n) is 4.87. The summed E-state index contributed by atoms with van der Waals surface area (Å²) in [5, 5.41) is 3.18. The van der Waals surface area contributed by atoms with Crippen molar-refractivity contribution in [2.45, 2.75) is 26.3 Å². The van der Waals surface area contributed by atoms with Crippen molar-refractivity contribution in [2.75, 3.05) is 27.2 Å². The summed E-state index contributed by atoms with van der Waals surface area (Å²) in [6, 6.07) is 6.48. The van der Waals surface area contributed by atoms with Crippen LogP contribution in [0.25, 0.3) is 0 Å². The number of hydrogen-bond donors (Lipinski definition) is 1. The second kappa shape index (κ2) is 9.76. The molecule has 5 nitrogen and oxygen atoms in total. The standard InChI is InChI=1S/C16H24FN3O2/c1-4-22-15(21)9-6-10-19-16(18-2)20(3)12-13-7-5-8-14(17)11-13/h5,7-8,11H,4,6,9-10,12H2,1-3H3,(H,18,19). The van der Waals surface area contributed by atoms with Crippen molar-refractivity contribution < 1.29 is 13.9 Å². The first-order chi connectivity index (χ1) is 10.6. The highest BCUT2D eigenvalue weighted by molar-refractivity contribution is 5.79. The minimum absolute atomic E-state index is 0.188. The van der Waals surface area contributed by atoms with Crippen molar-refractivity contribution in [3.05, 3.63) is 35.6 Å². The summed E-state index contributed by atoms with van der Waals surface area (Å²) >= 11 is 0. The highest BCUT2D eigenvalue weighted by Crippen LogP contribution is 2.06. The second-order valence-corrected chi connectivity index (χ2v) is 4.87. The number of benzene rings is 1. The SMILES string of the molecule is CCOC(=O)CCCNC(=NC)N(C)Cc1cccc(F)c1. The number of aliphatic imine (C=N–C) groups is 1. The lowest BCUT2D eigenvalue weighted by Gasteiger charge is -2.22. The maximum atomic E-state index is 13.2. The van der Waals surface area contributed by atoms with Gasteiger partial charge in [0.15, 0.2) is 5.96 Å². The molecule has 0 saturated carbocycles. The zero-order chi connectivity index (χ0) is 16.4. The zero-order valence-corrected chi connectivity index (χ0v) is 13.4. The molecular weight excluding hydrogens is 285 g/mol. The Bertz CT molecular complexity index is 506. The molecule has 0 unspecified atom stereocenters. The summed E-state index contributed by atoms with van der Waals surface area (Å²) in [4.78, 5) is 17.3. The Labute approximate surface area is 131 Å². The van der Waals surface area contributed by atoms with Crippen LogP contribution in [0.1, 0.15) is 25.3 Å². The molecule has 0 bridgehead atoms. The Morgan fingerprint density at radius 1 is 1.45 bits per heavy atom. The van der Waals surface area contributed by atoms with Crippen LogP contribution in [0.15, 0.2) is 29.3 Å². The molecule has 1 rings (SSSR count). The molecule has 0 spiro atoms. The van der Waals surface area contributed by atoms with Crippen LogP contribution in [0.5, 0.6) is 0 Å². The first-order valence-electron chi connectivity index (χ1n) is 7.38. The van der Waals surface area contributed by atoms with Crippen molar-refractivity contribution in [3.8, 4) is 0 Å². The summed E-state index contributed by atoms with van der Waals surface area (Å²) in [5.74, 6) is 0.267. The lowest BCUT2D eigenvalue weighted by molar-refractivity contribution is -0.143. The van der Waals surface area contributed by atoms with Gasteiger partial charge < -0.3 is 15.0 Å². The summed E-state index contributed by atoms with van der Waals surface area (Å²) in [7, 11) is 3.57. The summed E-state index contributed by atoms with van der Waals surface area (Å²) < 4.78 is 18.0. The quantitative estimate of drug-likeness (QED) is 0.363. The average molecular weight is 309 g/mol. The monoisotopic (exact) mass is 309 g/mol. The van der Waals surface area contributed by atoms with E-state index in [2.05, 4.69) is 10.3 Å². The van der Waals surface area contributed by atoms with Gasteiger partial charge in [-0.1, -0.05) is 12.1 Å². The van der Waals surface area contributed by atoms with E-state index in [4.69, 9.17) is 4.74 Å². The topological polar surface area (TPSA) is 53.9 Å². The predicted octanol–water partition coefficient (Wildman–Crippen LogP) is 2.18. The van der Waals surface area contributed by atoms with Crippen LogP contribution in [0.2, 0.25) is 0 Å². The number of nitrogens with one attached hydrogen (secondary N) is 1. The Balaban J connectivity index is 2.39. The number of halogens is 1. The lowest BCUT2D eigenvalue weighted by Crippen LogP contribution is -2.39. The van der Waals surface area contributed by atoms with E-state index in [1.807, 2.05) is 18.0 Å². The van der Waals surface area contributed by atoms with Gasteiger partial charge in [-0.05, 0) is 31.0 Å². The summed E-state index contributed by atoms with van der Waals surface area (Å²) in [5.41, 5.74) is 0.872. The molecule has 1 aromatic carbocycles. The number of carbonyl (C=O) groups excluding carboxylic acids is 1. The van der Waals surface area contributed by atoms with Crippen molar-refractivity contribution in [2.24, 2.45) is 4.99 Å². The van der Waals surface area contributed by atoms with Crippen LogP contribution < -0.4 is 5.32 Å². The minimum Gasteiger partial charge on any atom is -0.466 e. The fourth-order valence-corrected chi connectivity index (χ4v) is 2.03. The number of nitrogens with zero attached hydrogens (tertiary/aromatic N) is 2. The third-order valence-electron chi connectivity index (χ3n) is 3.03. The fraction of sp³-hybridized carbons (Fsp3) is 0.500. The van der Waals surface area contributed by atoms with E-state index in [1.54, 1.807) is 20.0 Å². The van der Waals surface area contributed by atoms with Gasteiger partial charge in [0.2, 0.25) is 0 Å². The van der Waals surface area contributed by atoms with E-state index in [1.165, 1.54) is 12.1 Å². The van der Waals surface area contributed by atoms with Gasteiger partial charge in [-0.15, -0.1) is 0 Å². The number of ether oxygens (including phenoxy) is 1. The molecule has 1 N–H and O–H groups in total. The minimum atomic E-state index is -0.247. The number of rotatable bonds is 7. The first-order valence-corrected chi connectivity index (χ1v) is 7.38. The molecule has 1 aromatic rings. The number of carbonyl (C=O) groups is 1. The van der Waals surface area contributed by atoms with Crippen LogP contribution in [-0.4, -0.2) is 44.1 Å². The van der Waals surface area contributed by atoms with E-state index in [0.29, 0.717) is 38.5 Å². The molecule has 0 radical (unpaired) electrons. The molecule has 0 heterocycles.